The number of hydrogen-bond donors (Lipinski definition) is 6. The van der Waals surface area contributed by atoms with Crippen molar-refractivity contribution < 1.29 is 25.5 Å². The molecule has 2 heterocycles. The minimum Gasteiger partial charge on any atom is -0.394 e. The van der Waals surface area contributed by atoms with Gasteiger partial charge >= 0.3 is 0 Å². The van der Waals surface area contributed by atoms with Gasteiger partial charge in [-0.15, -0.1) is 0 Å². The van der Waals surface area contributed by atoms with Crippen LogP contribution >= 0.6 is 0 Å². The smallest absolute Gasteiger partial charge is 0.163 e. The van der Waals surface area contributed by atoms with Crippen molar-refractivity contribution in [1.29, 1.82) is 0 Å². The van der Waals surface area contributed by atoms with Gasteiger partial charge in [0, 0.05) is 13.6 Å². The number of aliphatic hydroxyl groups is 5. The Morgan fingerprint density at radius 2 is 1.82 bits per heavy atom. The Morgan fingerprint density at radius 3 is 2.50 bits per heavy atom. The van der Waals surface area contributed by atoms with Gasteiger partial charge in [0.15, 0.2) is 5.65 Å². The van der Waals surface area contributed by atoms with Gasteiger partial charge < -0.3 is 30.8 Å². The predicted octanol–water partition coefficient (Wildman–Crippen LogP) is -2.79. The minimum absolute atomic E-state index is 0.128. The molecule has 0 saturated heterocycles. The Morgan fingerprint density at radius 1 is 1.14 bits per heavy atom. The predicted molar refractivity (Wildman–Crippen MR) is 75.9 cm³/mol. The van der Waals surface area contributed by atoms with Gasteiger partial charge in [-0.2, -0.15) is 5.10 Å². The van der Waals surface area contributed by atoms with E-state index in [4.69, 9.17) is 5.11 Å². The highest BCUT2D eigenvalue weighted by atomic mass is 16.4. The van der Waals surface area contributed by atoms with E-state index in [2.05, 4.69) is 20.4 Å². The second kappa shape index (κ2) is 6.94. The van der Waals surface area contributed by atoms with E-state index in [-0.39, 0.29) is 6.54 Å². The normalized spacial score (nSPS) is 17.2. The molecule has 122 valence electrons. The van der Waals surface area contributed by atoms with Gasteiger partial charge in [-0.05, 0) is 0 Å². The quantitative estimate of drug-likeness (QED) is 0.318. The fourth-order valence-corrected chi connectivity index (χ4v) is 1.99. The Kier molecular flexibility index (Phi) is 5.21. The first-order valence-corrected chi connectivity index (χ1v) is 6.65. The molecule has 0 aliphatic carbocycles. The number of nitrogens with zero attached hydrogens (tertiary/aromatic N) is 4. The maximum absolute atomic E-state index is 9.84. The standard InChI is InChI=1S/C12H19N5O5/c1-17-12-6(2-16-17)11(14-5-15-12)13-3-7(19)9(21)10(22)8(20)4-18/h2,5,7-10,18-22H,3-4H2,1H3,(H,13,14,15)/t7-,8+,9-,10+/m0/s1. The van der Waals surface area contributed by atoms with Crippen molar-refractivity contribution in [1.82, 2.24) is 19.7 Å². The number of hydrogen-bond acceptors (Lipinski definition) is 9. The van der Waals surface area contributed by atoms with Gasteiger partial charge in [0.1, 0.15) is 30.5 Å². The monoisotopic (exact) mass is 313 g/mol. The third-order valence-corrected chi connectivity index (χ3v) is 3.33. The van der Waals surface area contributed by atoms with E-state index in [0.29, 0.717) is 16.9 Å². The molecule has 0 amide bonds. The van der Waals surface area contributed by atoms with Crippen molar-refractivity contribution in [3.63, 3.8) is 0 Å². The van der Waals surface area contributed by atoms with Crippen molar-refractivity contribution in [3.05, 3.63) is 12.5 Å². The van der Waals surface area contributed by atoms with E-state index < -0.39 is 31.0 Å². The summed E-state index contributed by atoms with van der Waals surface area (Å²) in [5, 5.41) is 54.6. The molecule has 0 unspecified atom stereocenters. The second-order valence-corrected chi connectivity index (χ2v) is 4.91. The molecule has 6 N–H and O–H groups in total. The van der Waals surface area contributed by atoms with Crippen LogP contribution in [0.5, 0.6) is 0 Å². The molecule has 0 spiro atoms. The third-order valence-electron chi connectivity index (χ3n) is 3.33. The van der Waals surface area contributed by atoms with Crippen molar-refractivity contribution in [2.45, 2.75) is 24.4 Å². The molecule has 0 bridgehead atoms. The van der Waals surface area contributed by atoms with E-state index in [1.54, 1.807) is 17.9 Å². The Hall–Kier alpha value is -1.85. The number of aliphatic hydroxyl groups excluding tert-OH is 5. The summed E-state index contributed by atoms with van der Waals surface area (Å²) >= 11 is 0. The molecular formula is C12H19N5O5. The highest BCUT2D eigenvalue weighted by Crippen LogP contribution is 2.18. The highest BCUT2D eigenvalue weighted by molar-refractivity contribution is 5.85. The Balaban J connectivity index is 2.02. The summed E-state index contributed by atoms with van der Waals surface area (Å²) in [6.45, 7) is -0.849. The maximum atomic E-state index is 9.84. The van der Waals surface area contributed by atoms with E-state index in [9.17, 15) is 20.4 Å². The van der Waals surface area contributed by atoms with Crippen LogP contribution in [0.4, 0.5) is 5.82 Å². The van der Waals surface area contributed by atoms with Crippen LogP contribution in [-0.4, -0.2) is 82.8 Å². The number of fused-ring (bicyclic) bond motifs is 1. The first-order chi connectivity index (χ1) is 10.5. The van der Waals surface area contributed by atoms with Crippen molar-refractivity contribution in [2.24, 2.45) is 7.05 Å². The van der Waals surface area contributed by atoms with Crippen LogP contribution in [0.2, 0.25) is 0 Å². The average molecular weight is 313 g/mol. The summed E-state index contributed by atoms with van der Waals surface area (Å²) in [4.78, 5) is 8.09. The molecule has 0 aliphatic heterocycles. The molecule has 22 heavy (non-hydrogen) atoms. The molecule has 2 aromatic rings. The lowest BCUT2D eigenvalue weighted by atomic mass is 10.0. The minimum atomic E-state index is -1.66. The molecule has 4 atom stereocenters. The fourth-order valence-electron chi connectivity index (χ4n) is 1.99. The first-order valence-electron chi connectivity index (χ1n) is 6.65. The van der Waals surface area contributed by atoms with Gasteiger partial charge in [-0.25, -0.2) is 9.97 Å². The molecule has 0 aromatic carbocycles. The summed E-state index contributed by atoms with van der Waals surface area (Å²) in [7, 11) is 1.73. The number of nitrogens with one attached hydrogen (secondary N) is 1. The summed E-state index contributed by atoms with van der Waals surface area (Å²) in [6.07, 6.45) is -3.30. The van der Waals surface area contributed by atoms with Crippen LogP contribution in [0.1, 0.15) is 0 Å². The molecule has 0 radical (unpaired) electrons. The third kappa shape index (κ3) is 3.31. The highest BCUT2D eigenvalue weighted by Gasteiger charge is 2.30. The van der Waals surface area contributed by atoms with Crippen molar-refractivity contribution in [3.8, 4) is 0 Å². The van der Waals surface area contributed by atoms with Crippen molar-refractivity contribution >= 4 is 16.9 Å². The summed E-state index contributed by atoms with van der Waals surface area (Å²) in [6, 6.07) is 0. The number of aryl methyl sites for hydroxylation is 1. The molecule has 10 heteroatoms. The maximum Gasteiger partial charge on any atom is 0.163 e. The zero-order chi connectivity index (χ0) is 16.3. The Bertz CT molecular complexity index is 621. The number of aromatic nitrogens is 4. The molecule has 0 saturated carbocycles. The molecule has 2 rings (SSSR count). The second-order valence-electron chi connectivity index (χ2n) is 4.91. The van der Waals surface area contributed by atoms with Crippen LogP contribution in [0, 0.1) is 0 Å². The molecule has 0 aliphatic rings. The van der Waals surface area contributed by atoms with E-state index in [1.807, 2.05) is 0 Å². The number of rotatable bonds is 7. The SMILES string of the molecule is Cn1ncc2c(NC[C@H](O)[C@H](O)[C@H](O)[C@H](O)CO)ncnc21. The molecule has 10 nitrogen and oxygen atoms in total. The molecule has 0 fully saturated rings. The van der Waals surface area contributed by atoms with Gasteiger partial charge in [-0.1, -0.05) is 0 Å². The lowest BCUT2D eigenvalue weighted by Crippen LogP contribution is -2.48. The molecular weight excluding hydrogens is 294 g/mol. The van der Waals surface area contributed by atoms with E-state index in [0.717, 1.165) is 0 Å². The van der Waals surface area contributed by atoms with Gasteiger partial charge in [0.25, 0.3) is 0 Å². The van der Waals surface area contributed by atoms with Crippen LogP contribution in [0.3, 0.4) is 0 Å². The fraction of sp³-hybridized carbons (Fsp3) is 0.583. The van der Waals surface area contributed by atoms with Crippen LogP contribution in [0.15, 0.2) is 12.5 Å². The van der Waals surface area contributed by atoms with Crippen LogP contribution < -0.4 is 5.32 Å². The van der Waals surface area contributed by atoms with E-state index >= 15 is 0 Å². The van der Waals surface area contributed by atoms with Crippen molar-refractivity contribution in [2.75, 3.05) is 18.5 Å². The van der Waals surface area contributed by atoms with Gasteiger partial charge in [-0.3, -0.25) is 4.68 Å². The summed E-state index contributed by atoms with van der Waals surface area (Å²) < 4.78 is 1.56. The largest absolute Gasteiger partial charge is 0.394 e. The van der Waals surface area contributed by atoms with E-state index in [1.165, 1.54) is 6.33 Å². The lowest BCUT2D eigenvalue weighted by Gasteiger charge is -2.25. The van der Waals surface area contributed by atoms with Crippen LogP contribution in [0.25, 0.3) is 11.0 Å². The zero-order valence-electron chi connectivity index (χ0n) is 11.9. The first kappa shape index (κ1) is 16.5. The Labute approximate surface area is 125 Å². The molecule has 2 aromatic heterocycles. The summed E-state index contributed by atoms with van der Waals surface area (Å²) in [5.41, 5.74) is 0.600. The average Bonchev–Trinajstić information content (AvgIpc) is 2.92. The lowest BCUT2D eigenvalue weighted by molar-refractivity contribution is -0.111. The number of anilines is 1. The van der Waals surface area contributed by atoms with Crippen LogP contribution in [-0.2, 0) is 7.05 Å². The zero-order valence-corrected chi connectivity index (χ0v) is 11.9. The summed E-state index contributed by atoms with van der Waals surface area (Å²) in [5.74, 6) is 0.418. The topological polar surface area (TPSA) is 157 Å². The van der Waals surface area contributed by atoms with Gasteiger partial charge in [0.2, 0.25) is 0 Å². The van der Waals surface area contributed by atoms with Gasteiger partial charge in [0.05, 0.1) is 24.3 Å².